The lowest BCUT2D eigenvalue weighted by Crippen LogP contribution is -2.45. The molecule has 6 heteroatoms. The molecule has 2 aliphatic rings. The number of carbonyl (C=O) groups is 2. The zero-order valence-electron chi connectivity index (χ0n) is 13.4. The lowest BCUT2D eigenvalue weighted by Gasteiger charge is -2.31. The van der Waals surface area contributed by atoms with Crippen molar-refractivity contribution in [2.75, 3.05) is 37.6 Å². The number of amides is 3. The highest BCUT2D eigenvalue weighted by molar-refractivity contribution is 6.30. The first-order chi connectivity index (χ1) is 11.0. The summed E-state index contributed by atoms with van der Waals surface area (Å²) in [5, 5.41) is 0.645. The summed E-state index contributed by atoms with van der Waals surface area (Å²) >= 11 is 5.88. The van der Waals surface area contributed by atoms with Crippen molar-refractivity contribution in [1.82, 2.24) is 9.80 Å². The van der Waals surface area contributed by atoms with Crippen molar-refractivity contribution in [3.8, 4) is 0 Å². The summed E-state index contributed by atoms with van der Waals surface area (Å²) in [6, 6.07) is 7.10. The summed E-state index contributed by atoms with van der Waals surface area (Å²) in [4.78, 5) is 30.1. The van der Waals surface area contributed by atoms with E-state index in [0.717, 1.165) is 31.6 Å². The summed E-state index contributed by atoms with van der Waals surface area (Å²) < 4.78 is 0. The first-order valence-electron chi connectivity index (χ1n) is 8.14. The quantitative estimate of drug-likeness (QED) is 0.852. The number of hydrogen-bond acceptors (Lipinski definition) is 2. The third-order valence-corrected chi connectivity index (χ3v) is 4.95. The maximum absolute atomic E-state index is 12.5. The molecule has 124 valence electrons. The smallest absolute Gasteiger partial charge is 0.325 e. The zero-order valence-corrected chi connectivity index (χ0v) is 14.1. The third kappa shape index (κ3) is 3.61. The Morgan fingerprint density at radius 2 is 1.78 bits per heavy atom. The Morgan fingerprint density at radius 3 is 2.43 bits per heavy atom. The Labute approximate surface area is 141 Å². The SMILES string of the molecule is CC1CCN(C(=O)CN2CCN(c3ccc(Cl)cc3)C2=O)CC1. The molecule has 0 radical (unpaired) electrons. The largest absolute Gasteiger partial charge is 0.341 e. The van der Waals surface area contributed by atoms with Crippen LogP contribution in [-0.4, -0.2) is 54.5 Å². The van der Waals surface area contributed by atoms with Gasteiger partial charge in [-0.15, -0.1) is 0 Å². The molecule has 3 amide bonds. The second-order valence-electron chi connectivity index (χ2n) is 6.40. The second-order valence-corrected chi connectivity index (χ2v) is 6.83. The summed E-state index contributed by atoms with van der Waals surface area (Å²) in [7, 11) is 0. The van der Waals surface area contributed by atoms with E-state index in [1.54, 1.807) is 21.9 Å². The number of benzene rings is 1. The van der Waals surface area contributed by atoms with E-state index in [-0.39, 0.29) is 18.5 Å². The van der Waals surface area contributed by atoms with Crippen molar-refractivity contribution in [1.29, 1.82) is 0 Å². The first-order valence-corrected chi connectivity index (χ1v) is 8.52. The Balaban J connectivity index is 1.58. The van der Waals surface area contributed by atoms with Gasteiger partial charge in [0.25, 0.3) is 0 Å². The molecule has 0 aromatic heterocycles. The van der Waals surface area contributed by atoms with Gasteiger partial charge in [-0.1, -0.05) is 18.5 Å². The lowest BCUT2D eigenvalue weighted by molar-refractivity contribution is -0.132. The number of nitrogens with zero attached hydrogens (tertiary/aromatic N) is 3. The van der Waals surface area contributed by atoms with Crippen molar-refractivity contribution in [2.45, 2.75) is 19.8 Å². The average molecular weight is 336 g/mol. The number of carbonyl (C=O) groups excluding carboxylic acids is 2. The minimum Gasteiger partial charge on any atom is -0.341 e. The summed E-state index contributed by atoms with van der Waals surface area (Å²) in [6.07, 6.45) is 2.10. The van der Waals surface area contributed by atoms with E-state index >= 15 is 0 Å². The van der Waals surface area contributed by atoms with E-state index < -0.39 is 0 Å². The van der Waals surface area contributed by atoms with Gasteiger partial charge in [0.1, 0.15) is 6.54 Å². The normalized spacial score (nSPS) is 19.6. The van der Waals surface area contributed by atoms with Gasteiger partial charge in [-0.05, 0) is 43.0 Å². The molecule has 0 bridgehead atoms. The molecule has 5 nitrogen and oxygen atoms in total. The van der Waals surface area contributed by atoms with Crippen LogP contribution < -0.4 is 4.90 Å². The highest BCUT2D eigenvalue weighted by Crippen LogP contribution is 2.23. The van der Waals surface area contributed by atoms with E-state index in [4.69, 9.17) is 11.6 Å². The van der Waals surface area contributed by atoms with E-state index in [9.17, 15) is 9.59 Å². The van der Waals surface area contributed by atoms with Crippen LogP contribution in [0.2, 0.25) is 5.02 Å². The summed E-state index contributed by atoms with van der Waals surface area (Å²) in [5.41, 5.74) is 0.821. The Hall–Kier alpha value is -1.75. The van der Waals surface area contributed by atoms with Crippen LogP contribution in [0, 0.1) is 5.92 Å². The molecule has 0 atom stereocenters. The van der Waals surface area contributed by atoms with Crippen molar-refractivity contribution < 1.29 is 9.59 Å². The van der Waals surface area contributed by atoms with Crippen LogP contribution >= 0.6 is 11.6 Å². The van der Waals surface area contributed by atoms with Crippen LogP contribution in [0.3, 0.4) is 0 Å². The van der Waals surface area contributed by atoms with Crippen molar-refractivity contribution in [2.24, 2.45) is 5.92 Å². The predicted octanol–water partition coefficient (Wildman–Crippen LogP) is 2.84. The van der Waals surface area contributed by atoms with Gasteiger partial charge in [0.15, 0.2) is 0 Å². The molecule has 2 aliphatic heterocycles. The molecule has 1 aromatic rings. The zero-order chi connectivity index (χ0) is 16.4. The topological polar surface area (TPSA) is 43.9 Å². The molecular formula is C17H22ClN3O2. The van der Waals surface area contributed by atoms with Gasteiger partial charge in [0, 0.05) is 36.9 Å². The molecule has 0 spiro atoms. The van der Waals surface area contributed by atoms with Crippen LogP contribution in [0.5, 0.6) is 0 Å². The average Bonchev–Trinajstić information content (AvgIpc) is 2.90. The molecule has 2 fully saturated rings. The van der Waals surface area contributed by atoms with Gasteiger partial charge < -0.3 is 9.80 Å². The number of anilines is 1. The van der Waals surface area contributed by atoms with Crippen LogP contribution in [0.25, 0.3) is 0 Å². The fraction of sp³-hybridized carbons (Fsp3) is 0.529. The molecule has 23 heavy (non-hydrogen) atoms. The second kappa shape index (κ2) is 6.79. The fourth-order valence-corrected chi connectivity index (χ4v) is 3.24. The van der Waals surface area contributed by atoms with Crippen LogP contribution in [0.1, 0.15) is 19.8 Å². The highest BCUT2D eigenvalue weighted by atomic mass is 35.5. The summed E-state index contributed by atoms with van der Waals surface area (Å²) in [5.74, 6) is 0.746. The molecule has 3 rings (SSSR count). The van der Waals surface area contributed by atoms with Crippen molar-refractivity contribution in [3.63, 3.8) is 0 Å². The van der Waals surface area contributed by atoms with Crippen molar-refractivity contribution in [3.05, 3.63) is 29.3 Å². The number of rotatable bonds is 3. The first kappa shape index (κ1) is 16.1. The van der Waals surface area contributed by atoms with Gasteiger partial charge in [-0.3, -0.25) is 9.69 Å². The van der Waals surface area contributed by atoms with E-state index in [0.29, 0.717) is 24.0 Å². The van der Waals surface area contributed by atoms with Crippen LogP contribution in [-0.2, 0) is 4.79 Å². The minimum atomic E-state index is -0.106. The maximum atomic E-state index is 12.5. The third-order valence-electron chi connectivity index (χ3n) is 4.70. The van der Waals surface area contributed by atoms with E-state index in [2.05, 4.69) is 6.92 Å². The van der Waals surface area contributed by atoms with Gasteiger partial charge in [0.2, 0.25) is 5.91 Å². The molecule has 2 saturated heterocycles. The van der Waals surface area contributed by atoms with Gasteiger partial charge in [0.05, 0.1) is 0 Å². The van der Waals surface area contributed by atoms with Crippen LogP contribution in [0.4, 0.5) is 10.5 Å². The molecule has 1 aromatic carbocycles. The number of urea groups is 1. The molecular weight excluding hydrogens is 314 g/mol. The number of hydrogen-bond donors (Lipinski definition) is 0. The van der Waals surface area contributed by atoms with Gasteiger partial charge in [-0.2, -0.15) is 0 Å². The summed E-state index contributed by atoms with van der Waals surface area (Å²) in [6.45, 7) is 5.20. The fourth-order valence-electron chi connectivity index (χ4n) is 3.11. The van der Waals surface area contributed by atoms with Crippen LogP contribution in [0.15, 0.2) is 24.3 Å². The Bertz CT molecular complexity index is 582. The lowest BCUT2D eigenvalue weighted by atomic mass is 9.99. The Morgan fingerprint density at radius 1 is 1.13 bits per heavy atom. The minimum absolute atomic E-state index is 0.0585. The van der Waals surface area contributed by atoms with E-state index in [1.807, 2.05) is 17.0 Å². The van der Waals surface area contributed by atoms with Gasteiger partial charge >= 0.3 is 6.03 Å². The number of piperidine rings is 1. The van der Waals surface area contributed by atoms with Crippen molar-refractivity contribution >= 4 is 29.2 Å². The van der Waals surface area contributed by atoms with Gasteiger partial charge in [-0.25, -0.2) is 4.79 Å². The number of likely N-dealkylation sites (tertiary alicyclic amines) is 1. The number of halogens is 1. The molecule has 0 unspecified atom stereocenters. The molecule has 0 saturated carbocycles. The molecule has 0 N–H and O–H groups in total. The predicted molar refractivity (Wildman–Crippen MR) is 90.7 cm³/mol. The highest BCUT2D eigenvalue weighted by Gasteiger charge is 2.32. The molecule has 2 heterocycles. The molecule has 0 aliphatic carbocycles. The standard InChI is InChI=1S/C17H22ClN3O2/c1-13-6-8-19(9-7-13)16(22)12-20-10-11-21(17(20)23)15-4-2-14(18)3-5-15/h2-5,13H,6-12H2,1H3. The van der Waals surface area contributed by atoms with E-state index in [1.165, 1.54) is 0 Å². The maximum Gasteiger partial charge on any atom is 0.325 e. The monoisotopic (exact) mass is 335 g/mol. The Kier molecular flexibility index (Phi) is 4.76.